The van der Waals surface area contributed by atoms with Crippen molar-refractivity contribution in [2.24, 2.45) is 5.10 Å². The molecule has 0 amide bonds. The molecule has 1 N–H and O–H groups in total. The molecule has 24 heavy (non-hydrogen) atoms. The second-order valence-electron chi connectivity index (χ2n) is 4.28. The Morgan fingerprint density at radius 1 is 1.04 bits per heavy atom. The van der Waals surface area contributed by atoms with Crippen molar-refractivity contribution in [3.8, 4) is 0 Å². The number of nitrogens with one attached hydrogen (secondary N) is 1. The van der Waals surface area contributed by atoms with Gasteiger partial charge in [0.15, 0.2) is 23.3 Å². The van der Waals surface area contributed by atoms with Crippen LogP contribution in [0.5, 0.6) is 0 Å². The topological polar surface area (TPSA) is 67.5 Å². The minimum absolute atomic E-state index is 0.0995. The van der Waals surface area contributed by atoms with Crippen LogP contribution in [-0.4, -0.2) is 11.1 Å². The maximum Gasteiger partial charge on any atom is 0.288 e. The van der Waals surface area contributed by atoms with E-state index in [0.29, 0.717) is 0 Å². The lowest BCUT2D eigenvalue weighted by atomic mass is 10.2. The summed E-state index contributed by atoms with van der Waals surface area (Å²) < 4.78 is 65.6. The molecular formula is C13H5ClF5N3O2. The lowest BCUT2D eigenvalue weighted by molar-refractivity contribution is -0.384. The zero-order valence-corrected chi connectivity index (χ0v) is 12.0. The minimum Gasteiger partial charge on any atom is -0.272 e. The van der Waals surface area contributed by atoms with E-state index in [-0.39, 0.29) is 10.6 Å². The molecule has 2 rings (SSSR count). The number of nitro benzene ring substituents is 1. The van der Waals surface area contributed by atoms with Crippen LogP contribution < -0.4 is 5.43 Å². The molecular weight excluding hydrogens is 361 g/mol. The van der Waals surface area contributed by atoms with Crippen molar-refractivity contribution < 1.29 is 26.9 Å². The van der Waals surface area contributed by atoms with Crippen LogP contribution in [0.4, 0.5) is 33.3 Å². The average Bonchev–Trinajstić information content (AvgIpc) is 2.55. The highest BCUT2D eigenvalue weighted by molar-refractivity contribution is 6.32. The molecule has 0 aliphatic heterocycles. The molecule has 0 bridgehead atoms. The van der Waals surface area contributed by atoms with E-state index in [2.05, 4.69) is 5.10 Å². The van der Waals surface area contributed by atoms with Gasteiger partial charge in [0, 0.05) is 11.6 Å². The van der Waals surface area contributed by atoms with Crippen molar-refractivity contribution in [3.63, 3.8) is 0 Å². The molecule has 5 nitrogen and oxygen atoms in total. The summed E-state index contributed by atoms with van der Waals surface area (Å²) in [5.74, 6) is -10.7. The van der Waals surface area contributed by atoms with Crippen molar-refractivity contribution in [3.05, 3.63) is 68.0 Å². The van der Waals surface area contributed by atoms with Crippen LogP contribution in [0.1, 0.15) is 5.56 Å². The lowest BCUT2D eigenvalue weighted by Crippen LogP contribution is -2.06. The third kappa shape index (κ3) is 3.27. The van der Waals surface area contributed by atoms with Gasteiger partial charge in [0.1, 0.15) is 10.7 Å². The summed E-state index contributed by atoms with van der Waals surface area (Å²) in [5.41, 5.74) is -0.0315. The van der Waals surface area contributed by atoms with Gasteiger partial charge in [-0.15, -0.1) is 0 Å². The molecule has 0 spiro atoms. The van der Waals surface area contributed by atoms with Crippen LogP contribution in [0.25, 0.3) is 0 Å². The highest BCUT2D eigenvalue weighted by atomic mass is 35.5. The molecule has 0 aromatic heterocycles. The second kappa shape index (κ2) is 6.79. The molecule has 0 radical (unpaired) electrons. The summed E-state index contributed by atoms with van der Waals surface area (Å²) in [6, 6.07) is 3.48. The maximum atomic E-state index is 13.4. The standard InChI is InChI=1S/C13H5ClF5N3O2/c14-6-2-1-5(3-7(6)22(23)24)4-20-21-13-11(18)9(16)8(15)10(17)12(13)19/h1-4,21H. The molecule has 0 heterocycles. The van der Waals surface area contributed by atoms with Gasteiger partial charge >= 0.3 is 0 Å². The van der Waals surface area contributed by atoms with Crippen molar-refractivity contribution in [2.45, 2.75) is 0 Å². The van der Waals surface area contributed by atoms with Gasteiger partial charge in [-0.1, -0.05) is 17.7 Å². The number of nitro groups is 1. The van der Waals surface area contributed by atoms with Gasteiger partial charge in [-0.2, -0.15) is 5.10 Å². The Bertz CT molecular complexity index is 831. The van der Waals surface area contributed by atoms with E-state index in [1.807, 2.05) is 0 Å². The van der Waals surface area contributed by atoms with Crippen LogP contribution in [0.15, 0.2) is 23.3 Å². The third-order valence-corrected chi connectivity index (χ3v) is 3.09. The van der Waals surface area contributed by atoms with Gasteiger partial charge in [0.05, 0.1) is 11.1 Å². The Morgan fingerprint density at radius 3 is 2.12 bits per heavy atom. The number of hydrogen-bond acceptors (Lipinski definition) is 4. The summed E-state index contributed by atoms with van der Waals surface area (Å²) in [5, 5.41) is 13.9. The molecule has 0 atom stereocenters. The molecule has 0 saturated carbocycles. The van der Waals surface area contributed by atoms with E-state index in [1.54, 1.807) is 5.43 Å². The number of hydrogen-bond donors (Lipinski definition) is 1. The van der Waals surface area contributed by atoms with E-state index >= 15 is 0 Å². The predicted molar refractivity (Wildman–Crippen MR) is 75.6 cm³/mol. The molecule has 0 aliphatic carbocycles. The van der Waals surface area contributed by atoms with Crippen molar-refractivity contribution in [2.75, 3.05) is 5.43 Å². The average molecular weight is 366 g/mol. The van der Waals surface area contributed by atoms with Crippen LogP contribution in [-0.2, 0) is 0 Å². The molecule has 0 saturated heterocycles. The number of anilines is 1. The fraction of sp³-hybridized carbons (Fsp3) is 0. The molecule has 0 fully saturated rings. The van der Waals surface area contributed by atoms with Crippen molar-refractivity contribution >= 4 is 29.2 Å². The number of benzene rings is 2. The number of nitrogens with zero attached hydrogens (tertiary/aromatic N) is 2. The molecule has 2 aromatic carbocycles. The number of halogens is 6. The zero-order valence-electron chi connectivity index (χ0n) is 11.3. The van der Waals surface area contributed by atoms with E-state index < -0.39 is 45.4 Å². The summed E-state index contributed by atoms with van der Waals surface area (Å²) in [7, 11) is 0. The van der Waals surface area contributed by atoms with Gasteiger partial charge in [-0.05, 0) is 6.07 Å². The Balaban J connectivity index is 2.31. The summed E-state index contributed by atoms with van der Waals surface area (Å²) >= 11 is 5.59. The van der Waals surface area contributed by atoms with Crippen LogP contribution >= 0.6 is 11.6 Å². The maximum absolute atomic E-state index is 13.4. The van der Waals surface area contributed by atoms with Crippen molar-refractivity contribution in [1.82, 2.24) is 0 Å². The van der Waals surface area contributed by atoms with Gasteiger partial charge < -0.3 is 0 Å². The smallest absolute Gasteiger partial charge is 0.272 e. The van der Waals surface area contributed by atoms with Crippen LogP contribution in [0.3, 0.4) is 0 Å². The third-order valence-electron chi connectivity index (χ3n) is 2.77. The van der Waals surface area contributed by atoms with Crippen LogP contribution in [0.2, 0.25) is 5.02 Å². The van der Waals surface area contributed by atoms with Gasteiger partial charge in [-0.3, -0.25) is 15.5 Å². The largest absolute Gasteiger partial charge is 0.288 e. The fourth-order valence-corrected chi connectivity index (χ4v) is 1.81. The van der Waals surface area contributed by atoms with Crippen molar-refractivity contribution in [1.29, 1.82) is 0 Å². The summed E-state index contributed by atoms with van der Waals surface area (Å²) in [4.78, 5) is 9.94. The van der Waals surface area contributed by atoms with E-state index in [1.165, 1.54) is 12.1 Å². The molecule has 11 heteroatoms. The fourth-order valence-electron chi connectivity index (χ4n) is 1.62. The Kier molecular flexibility index (Phi) is 4.98. The summed E-state index contributed by atoms with van der Waals surface area (Å²) in [6.07, 6.45) is 0.876. The first kappa shape index (κ1) is 17.6. The van der Waals surface area contributed by atoms with E-state index in [4.69, 9.17) is 11.6 Å². The van der Waals surface area contributed by atoms with Gasteiger partial charge in [0.2, 0.25) is 5.82 Å². The first-order valence-electron chi connectivity index (χ1n) is 5.98. The molecule has 0 aliphatic rings. The van der Waals surface area contributed by atoms with E-state index in [9.17, 15) is 32.1 Å². The number of hydrazone groups is 1. The van der Waals surface area contributed by atoms with E-state index in [0.717, 1.165) is 12.3 Å². The molecule has 126 valence electrons. The minimum atomic E-state index is -2.30. The highest BCUT2D eigenvalue weighted by Crippen LogP contribution is 2.27. The van der Waals surface area contributed by atoms with Crippen LogP contribution in [0, 0.1) is 39.2 Å². The highest BCUT2D eigenvalue weighted by Gasteiger charge is 2.25. The first-order chi connectivity index (χ1) is 11.2. The second-order valence-corrected chi connectivity index (χ2v) is 4.69. The summed E-state index contributed by atoms with van der Waals surface area (Å²) in [6.45, 7) is 0. The first-order valence-corrected chi connectivity index (χ1v) is 6.36. The Hall–Kier alpha value is -2.75. The monoisotopic (exact) mass is 365 g/mol. The number of rotatable bonds is 4. The lowest BCUT2D eigenvalue weighted by Gasteiger charge is -2.06. The molecule has 0 unspecified atom stereocenters. The van der Waals surface area contributed by atoms with Gasteiger partial charge in [-0.25, -0.2) is 22.0 Å². The predicted octanol–water partition coefficient (Wildman–Crippen LogP) is 4.39. The Morgan fingerprint density at radius 2 is 1.58 bits per heavy atom. The molecule has 2 aromatic rings. The van der Waals surface area contributed by atoms with Gasteiger partial charge in [0.25, 0.3) is 5.69 Å². The quantitative estimate of drug-likeness (QED) is 0.218. The normalized spacial score (nSPS) is 11.1. The Labute approximate surface area is 135 Å². The SMILES string of the molecule is O=[N+]([O-])c1cc(C=NNc2c(F)c(F)c(F)c(F)c2F)ccc1Cl. The zero-order chi connectivity index (χ0) is 18.0.